The number of aryl methyl sites for hydroxylation is 1. The van der Waals surface area contributed by atoms with Gasteiger partial charge in [-0.1, -0.05) is 29.8 Å². The van der Waals surface area contributed by atoms with E-state index in [1.165, 1.54) is 11.1 Å². The summed E-state index contributed by atoms with van der Waals surface area (Å²) in [6.45, 7) is 2.64. The second kappa shape index (κ2) is 5.83. The molecule has 1 saturated heterocycles. The second-order valence-corrected chi connectivity index (χ2v) is 4.99. The molecular weight excluding hydrogens is 271 g/mol. The van der Waals surface area contributed by atoms with Crippen molar-refractivity contribution in [3.05, 3.63) is 35.4 Å². The molecule has 0 bridgehead atoms. The zero-order valence-electron chi connectivity index (χ0n) is 11.1. The van der Waals surface area contributed by atoms with Gasteiger partial charge in [0.05, 0.1) is 0 Å². The minimum absolute atomic E-state index is 0.302. The molecule has 1 aliphatic heterocycles. The highest BCUT2D eigenvalue weighted by Crippen LogP contribution is 2.29. The Kier molecular flexibility index (Phi) is 4.32. The van der Waals surface area contributed by atoms with E-state index in [1.54, 1.807) is 0 Å². The summed E-state index contributed by atoms with van der Waals surface area (Å²) in [6, 6.07) is 8.12. The molecule has 0 N–H and O–H groups in total. The van der Waals surface area contributed by atoms with Crippen molar-refractivity contribution < 1.29 is 22.8 Å². The highest BCUT2D eigenvalue weighted by molar-refractivity contribution is 5.75. The molecule has 1 aromatic rings. The first-order valence-corrected chi connectivity index (χ1v) is 6.47. The van der Waals surface area contributed by atoms with Crippen LogP contribution in [-0.4, -0.2) is 30.3 Å². The van der Waals surface area contributed by atoms with Gasteiger partial charge in [-0.2, -0.15) is 13.2 Å². The van der Waals surface area contributed by atoms with Crippen molar-refractivity contribution in [3.8, 4) is 0 Å². The summed E-state index contributed by atoms with van der Waals surface area (Å²) in [7, 11) is 0. The number of rotatable bonds is 2. The van der Waals surface area contributed by atoms with Gasteiger partial charge in [0.25, 0.3) is 0 Å². The van der Waals surface area contributed by atoms with Crippen LogP contribution in [0.3, 0.4) is 0 Å². The van der Waals surface area contributed by atoms with Crippen molar-refractivity contribution in [1.82, 2.24) is 5.06 Å². The van der Waals surface area contributed by atoms with Crippen molar-refractivity contribution in [2.75, 3.05) is 13.1 Å². The fourth-order valence-corrected chi connectivity index (χ4v) is 2.29. The molecule has 20 heavy (non-hydrogen) atoms. The first-order valence-electron chi connectivity index (χ1n) is 6.47. The van der Waals surface area contributed by atoms with E-state index in [0.29, 0.717) is 31.8 Å². The maximum Gasteiger partial charge on any atom is 0.492 e. The van der Waals surface area contributed by atoms with E-state index < -0.39 is 12.1 Å². The summed E-state index contributed by atoms with van der Waals surface area (Å²) in [6.07, 6.45) is -3.59. The van der Waals surface area contributed by atoms with E-state index >= 15 is 0 Å². The lowest BCUT2D eigenvalue weighted by atomic mass is 9.90. The van der Waals surface area contributed by atoms with Crippen molar-refractivity contribution in [3.63, 3.8) is 0 Å². The Bertz CT molecular complexity index is 462. The summed E-state index contributed by atoms with van der Waals surface area (Å²) >= 11 is 0. The van der Waals surface area contributed by atoms with E-state index in [2.05, 4.69) is 4.84 Å². The molecule has 1 aromatic carbocycles. The zero-order valence-corrected chi connectivity index (χ0v) is 11.1. The number of alkyl halides is 3. The number of nitrogens with zero attached hydrogens (tertiary/aromatic N) is 1. The molecule has 0 aliphatic carbocycles. The maximum atomic E-state index is 12.1. The second-order valence-electron chi connectivity index (χ2n) is 4.99. The third-order valence-electron chi connectivity index (χ3n) is 3.45. The number of carbonyl (C=O) groups is 1. The van der Waals surface area contributed by atoms with Crippen LogP contribution >= 0.6 is 0 Å². The molecule has 1 heterocycles. The molecule has 0 unspecified atom stereocenters. The molecule has 1 fully saturated rings. The van der Waals surface area contributed by atoms with E-state index in [1.807, 2.05) is 31.2 Å². The molecule has 0 aromatic heterocycles. The molecule has 0 amide bonds. The molecule has 6 heteroatoms. The quantitative estimate of drug-likeness (QED) is 0.836. The van der Waals surface area contributed by atoms with Gasteiger partial charge in [0.2, 0.25) is 0 Å². The Labute approximate surface area is 115 Å². The van der Waals surface area contributed by atoms with Crippen molar-refractivity contribution in [2.24, 2.45) is 0 Å². The average Bonchev–Trinajstić information content (AvgIpc) is 2.39. The number of halogens is 3. The monoisotopic (exact) mass is 287 g/mol. The molecule has 1 aliphatic rings. The Morgan fingerprint density at radius 2 is 1.75 bits per heavy atom. The van der Waals surface area contributed by atoms with Gasteiger partial charge in [0, 0.05) is 13.1 Å². The maximum absolute atomic E-state index is 12.1. The lowest BCUT2D eigenvalue weighted by Crippen LogP contribution is -2.39. The molecule has 3 nitrogen and oxygen atoms in total. The van der Waals surface area contributed by atoms with Gasteiger partial charge < -0.3 is 4.84 Å². The van der Waals surface area contributed by atoms with E-state index in [4.69, 9.17) is 0 Å². The Morgan fingerprint density at radius 3 is 2.25 bits per heavy atom. The first-order chi connectivity index (χ1) is 9.36. The number of piperidine rings is 1. The van der Waals surface area contributed by atoms with Gasteiger partial charge in [-0.25, -0.2) is 4.79 Å². The average molecular weight is 287 g/mol. The van der Waals surface area contributed by atoms with Crippen LogP contribution in [0, 0.1) is 6.92 Å². The Morgan fingerprint density at radius 1 is 1.20 bits per heavy atom. The number of hydroxylamine groups is 2. The fourth-order valence-electron chi connectivity index (χ4n) is 2.29. The zero-order chi connectivity index (χ0) is 14.8. The number of hydrogen-bond acceptors (Lipinski definition) is 3. The molecule has 0 spiro atoms. The van der Waals surface area contributed by atoms with E-state index in [0.717, 1.165) is 5.06 Å². The third kappa shape index (κ3) is 3.72. The normalized spacial score (nSPS) is 18.0. The van der Waals surface area contributed by atoms with Crippen LogP contribution in [0.5, 0.6) is 0 Å². The van der Waals surface area contributed by atoms with Gasteiger partial charge in [-0.15, -0.1) is 5.06 Å². The Balaban J connectivity index is 1.86. The third-order valence-corrected chi connectivity index (χ3v) is 3.45. The number of benzene rings is 1. The van der Waals surface area contributed by atoms with Crippen molar-refractivity contribution in [1.29, 1.82) is 0 Å². The number of hydrogen-bond donors (Lipinski definition) is 0. The summed E-state index contributed by atoms with van der Waals surface area (Å²) < 4.78 is 36.2. The molecule has 0 radical (unpaired) electrons. The minimum Gasteiger partial charge on any atom is -0.361 e. The van der Waals surface area contributed by atoms with Crippen LogP contribution in [-0.2, 0) is 9.63 Å². The standard InChI is InChI=1S/C14H16F3NO2/c1-10-2-4-11(5-3-10)12-6-8-18(9-7-12)20-13(19)14(15,16)17/h2-5,12H,6-9H2,1H3. The molecular formula is C14H16F3NO2. The fraction of sp³-hybridized carbons (Fsp3) is 0.500. The number of carbonyl (C=O) groups excluding carboxylic acids is 1. The summed E-state index contributed by atoms with van der Waals surface area (Å²) in [4.78, 5) is 15.1. The topological polar surface area (TPSA) is 29.5 Å². The highest BCUT2D eigenvalue weighted by Gasteiger charge is 2.42. The van der Waals surface area contributed by atoms with E-state index in [9.17, 15) is 18.0 Å². The predicted octanol–water partition coefficient (Wildman–Crippen LogP) is 3.19. The SMILES string of the molecule is Cc1ccc(C2CCN(OC(=O)C(F)(F)F)CC2)cc1. The molecule has 110 valence electrons. The van der Waals surface area contributed by atoms with Gasteiger partial charge in [0.1, 0.15) is 0 Å². The van der Waals surface area contributed by atoms with Crippen molar-refractivity contribution in [2.45, 2.75) is 31.9 Å². The van der Waals surface area contributed by atoms with Gasteiger partial charge in [0.15, 0.2) is 0 Å². The molecule has 0 atom stereocenters. The van der Waals surface area contributed by atoms with Crippen LogP contribution in [0.15, 0.2) is 24.3 Å². The van der Waals surface area contributed by atoms with Gasteiger partial charge in [-0.05, 0) is 31.2 Å². The van der Waals surface area contributed by atoms with E-state index in [-0.39, 0.29) is 0 Å². The van der Waals surface area contributed by atoms with Gasteiger partial charge in [-0.3, -0.25) is 0 Å². The van der Waals surface area contributed by atoms with Crippen LogP contribution in [0.25, 0.3) is 0 Å². The van der Waals surface area contributed by atoms with Gasteiger partial charge >= 0.3 is 12.1 Å². The lowest BCUT2D eigenvalue weighted by Gasteiger charge is -2.30. The lowest BCUT2D eigenvalue weighted by molar-refractivity contribution is -0.241. The smallest absolute Gasteiger partial charge is 0.361 e. The summed E-state index contributed by atoms with van der Waals surface area (Å²) in [5.41, 5.74) is 2.35. The Hall–Kier alpha value is -1.56. The molecule has 2 rings (SSSR count). The molecule has 0 saturated carbocycles. The highest BCUT2D eigenvalue weighted by atomic mass is 19.4. The van der Waals surface area contributed by atoms with Crippen LogP contribution in [0.2, 0.25) is 0 Å². The summed E-state index contributed by atoms with van der Waals surface area (Å²) in [5, 5.41) is 1.10. The predicted molar refractivity (Wildman–Crippen MR) is 66.9 cm³/mol. The summed E-state index contributed by atoms with van der Waals surface area (Å²) in [5.74, 6) is -1.84. The van der Waals surface area contributed by atoms with Crippen molar-refractivity contribution >= 4 is 5.97 Å². The van der Waals surface area contributed by atoms with Crippen LogP contribution in [0.4, 0.5) is 13.2 Å². The largest absolute Gasteiger partial charge is 0.492 e. The van der Waals surface area contributed by atoms with Crippen LogP contribution < -0.4 is 0 Å². The first kappa shape index (κ1) is 14.8. The van der Waals surface area contributed by atoms with Crippen LogP contribution in [0.1, 0.15) is 29.9 Å². The minimum atomic E-state index is -4.94.